The summed E-state index contributed by atoms with van der Waals surface area (Å²) in [5.41, 5.74) is 1.83. The lowest BCUT2D eigenvalue weighted by atomic mass is 9.99. The molecular formula is C24H27N3O5S2. The summed E-state index contributed by atoms with van der Waals surface area (Å²) < 4.78 is 33.5. The first kappa shape index (κ1) is 23.2. The van der Waals surface area contributed by atoms with Crippen LogP contribution in [-0.2, 0) is 32.4 Å². The van der Waals surface area contributed by atoms with Crippen molar-refractivity contribution in [3.63, 3.8) is 0 Å². The summed E-state index contributed by atoms with van der Waals surface area (Å²) >= 11 is 1.54. The quantitative estimate of drug-likeness (QED) is 0.593. The smallest absolute Gasteiger partial charge is 0.265 e. The molecule has 5 rings (SSSR count). The highest BCUT2D eigenvalue weighted by Gasteiger charge is 2.46. The van der Waals surface area contributed by atoms with Gasteiger partial charge in [0.25, 0.3) is 5.91 Å². The molecule has 3 aliphatic rings. The number of thiophene rings is 1. The van der Waals surface area contributed by atoms with Crippen LogP contribution in [0.25, 0.3) is 0 Å². The Kier molecular flexibility index (Phi) is 6.32. The fourth-order valence-electron chi connectivity index (χ4n) is 4.89. The Labute approximate surface area is 203 Å². The number of anilines is 1. The van der Waals surface area contributed by atoms with Crippen LogP contribution in [-0.4, -0.2) is 50.0 Å². The van der Waals surface area contributed by atoms with E-state index in [1.165, 1.54) is 39.4 Å². The summed E-state index contributed by atoms with van der Waals surface area (Å²) in [6.45, 7) is 4.01. The monoisotopic (exact) mass is 501 g/mol. The van der Waals surface area contributed by atoms with Gasteiger partial charge in [-0.1, -0.05) is 6.58 Å². The predicted molar refractivity (Wildman–Crippen MR) is 129 cm³/mol. The number of aryl methyl sites for hydroxylation is 2. The molecule has 34 heavy (non-hydrogen) atoms. The van der Waals surface area contributed by atoms with Gasteiger partial charge in [0.1, 0.15) is 6.23 Å². The molecule has 2 aliphatic heterocycles. The zero-order chi connectivity index (χ0) is 23.9. The largest absolute Gasteiger partial charge is 0.354 e. The second-order valence-electron chi connectivity index (χ2n) is 8.94. The van der Waals surface area contributed by atoms with Gasteiger partial charge in [-0.3, -0.25) is 9.59 Å². The van der Waals surface area contributed by atoms with Crippen molar-refractivity contribution >= 4 is 38.9 Å². The van der Waals surface area contributed by atoms with Crippen LogP contribution in [0.15, 0.2) is 47.9 Å². The lowest BCUT2D eigenvalue weighted by molar-refractivity contribution is -0.120. The maximum absolute atomic E-state index is 13.1. The summed E-state index contributed by atoms with van der Waals surface area (Å²) in [5, 5.41) is 5.58. The molecule has 1 aromatic heterocycles. The van der Waals surface area contributed by atoms with Crippen LogP contribution in [0.5, 0.6) is 0 Å². The Hall–Kier alpha value is -2.53. The van der Waals surface area contributed by atoms with Crippen molar-refractivity contribution in [3.05, 3.63) is 58.3 Å². The number of carbonyl (C=O) groups excluding carboxylic acids is 2. The van der Waals surface area contributed by atoms with Gasteiger partial charge in [-0.15, -0.1) is 11.3 Å². The highest BCUT2D eigenvalue weighted by molar-refractivity contribution is 7.89. The van der Waals surface area contributed by atoms with Crippen LogP contribution < -0.4 is 10.6 Å². The molecule has 0 bridgehead atoms. The Bertz CT molecular complexity index is 1180. The van der Waals surface area contributed by atoms with E-state index in [1.54, 1.807) is 23.5 Å². The maximum atomic E-state index is 13.1. The van der Waals surface area contributed by atoms with Crippen molar-refractivity contribution in [3.8, 4) is 0 Å². The lowest BCUT2D eigenvalue weighted by Gasteiger charge is -2.19. The molecule has 2 aromatic rings. The van der Waals surface area contributed by atoms with Gasteiger partial charge in [0.15, 0.2) is 0 Å². The molecule has 0 saturated carbocycles. The number of rotatable bonds is 6. The summed E-state index contributed by atoms with van der Waals surface area (Å²) in [6.07, 6.45) is 5.48. The molecule has 2 saturated heterocycles. The van der Waals surface area contributed by atoms with Crippen LogP contribution >= 0.6 is 11.3 Å². The van der Waals surface area contributed by atoms with Gasteiger partial charge in [0, 0.05) is 29.6 Å². The summed E-state index contributed by atoms with van der Waals surface area (Å²) in [5.74, 6) is -0.446. The minimum absolute atomic E-state index is 0.0278. The molecular weight excluding hydrogens is 474 g/mol. The minimum atomic E-state index is -3.69. The number of hydrogen-bond acceptors (Lipinski definition) is 6. The van der Waals surface area contributed by atoms with E-state index in [9.17, 15) is 18.0 Å². The average molecular weight is 502 g/mol. The van der Waals surface area contributed by atoms with Crippen molar-refractivity contribution < 1.29 is 22.7 Å². The van der Waals surface area contributed by atoms with Crippen molar-refractivity contribution in [2.45, 2.75) is 49.3 Å². The fourth-order valence-corrected chi connectivity index (χ4v) is 7.54. The number of nitrogens with zero attached hydrogens (tertiary/aromatic N) is 1. The van der Waals surface area contributed by atoms with Gasteiger partial charge >= 0.3 is 0 Å². The van der Waals surface area contributed by atoms with Crippen molar-refractivity contribution in [1.82, 2.24) is 9.62 Å². The third-order valence-electron chi connectivity index (χ3n) is 6.66. The Morgan fingerprint density at radius 1 is 1.15 bits per heavy atom. The fraction of sp³-hybridized carbons (Fsp3) is 0.417. The molecule has 1 aromatic carbocycles. The van der Waals surface area contributed by atoms with E-state index in [0.29, 0.717) is 23.5 Å². The molecule has 3 heterocycles. The maximum Gasteiger partial charge on any atom is 0.265 e. The van der Waals surface area contributed by atoms with Crippen LogP contribution in [0, 0.1) is 5.92 Å². The molecule has 2 N–H and O–H groups in total. The van der Waals surface area contributed by atoms with Crippen molar-refractivity contribution in [2.75, 3.05) is 18.4 Å². The standard InChI is InChI=1S/C24H27N3O5S2/c1-2-22(28)26-23-12-16-13-27(14-19(16)32-23)34(30,31)18-9-7-17(8-10-18)25-24(29)21-11-15-5-3-4-6-20(15)33-21/h2,7-11,16,19,23H,1,3-6,12-14H2,(H,25,29)(H,26,28). The second kappa shape index (κ2) is 9.26. The first-order chi connectivity index (χ1) is 16.3. The third-order valence-corrected chi connectivity index (χ3v) is 9.74. The second-order valence-corrected chi connectivity index (χ2v) is 12.0. The minimum Gasteiger partial charge on any atom is -0.354 e. The van der Waals surface area contributed by atoms with Gasteiger partial charge in [0.05, 0.1) is 15.9 Å². The van der Waals surface area contributed by atoms with Crippen LogP contribution in [0.2, 0.25) is 0 Å². The number of sulfonamides is 1. The molecule has 3 atom stereocenters. The summed E-state index contributed by atoms with van der Waals surface area (Å²) in [4.78, 5) is 26.3. The Balaban J connectivity index is 1.20. The van der Waals surface area contributed by atoms with E-state index >= 15 is 0 Å². The number of nitrogens with one attached hydrogen (secondary N) is 2. The number of carbonyl (C=O) groups is 2. The van der Waals surface area contributed by atoms with E-state index < -0.39 is 16.3 Å². The van der Waals surface area contributed by atoms with Crippen molar-refractivity contribution in [2.24, 2.45) is 5.92 Å². The molecule has 0 radical (unpaired) electrons. The molecule has 1 aliphatic carbocycles. The third kappa shape index (κ3) is 4.55. The lowest BCUT2D eigenvalue weighted by Crippen LogP contribution is -2.37. The van der Waals surface area contributed by atoms with E-state index in [1.807, 2.05) is 6.07 Å². The predicted octanol–water partition coefficient (Wildman–Crippen LogP) is 2.92. The molecule has 2 fully saturated rings. The molecule has 10 heteroatoms. The molecule has 3 unspecified atom stereocenters. The molecule has 2 amide bonds. The van der Waals surface area contributed by atoms with E-state index in [-0.39, 0.29) is 35.3 Å². The Morgan fingerprint density at radius 3 is 2.62 bits per heavy atom. The van der Waals surface area contributed by atoms with Gasteiger partial charge < -0.3 is 15.4 Å². The number of benzene rings is 1. The van der Waals surface area contributed by atoms with Crippen LogP contribution in [0.1, 0.15) is 39.4 Å². The van der Waals surface area contributed by atoms with Crippen LogP contribution in [0.3, 0.4) is 0 Å². The number of ether oxygens (including phenoxy) is 1. The summed E-state index contributed by atoms with van der Waals surface area (Å²) in [6, 6.07) is 8.25. The topological polar surface area (TPSA) is 105 Å². The number of fused-ring (bicyclic) bond motifs is 2. The zero-order valence-corrected chi connectivity index (χ0v) is 20.3. The zero-order valence-electron chi connectivity index (χ0n) is 18.7. The van der Waals surface area contributed by atoms with Gasteiger partial charge in [-0.25, -0.2) is 8.42 Å². The number of hydrogen-bond donors (Lipinski definition) is 2. The first-order valence-electron chi connectivity index (χ1n) is 11.4. The van der Waals surface area contributed by atoms with Crippen molar-refractivity contribution in [1.29, 1.82) is 0 Å². The van der Waals surface area contributed by atoms with Crippen LogP contribution in [0.4, 0.5) is 5.69 Å². The SMILES string of the molecule is C=CC(=O)NC1CC2CN(S(=O)(=O)c3ccc(NC(=O)c4cc5c(s4)CCCC5)cc3)CC2O1. The Morgan fingerprint density at radius 2 is 1.91 bits per heavy atom. The van der Waals surface area contributed by atoms with E-state index in [0.717, 1.165) is 19.3 Å². The highest BCUT2D eigenvalue weighted by Crippen LogP contribution is 2.35. The molecule has 180 valence electrons. The normalized spacial score (nSPS) is 24.3. The molecule has 0 spiro atoms. The molecule has 8 nitrogen and oxygen atoms in total. The number of amides is 2. The average Bonchev–Trinajstić information content (AvgIpc) is 3.52. The first-order valence-corrected chi connectivity index (χ1v) is 13.7. The van der Waals surface area contributed by atoms with E-state index in [4.69, 9.17) is 4.74 Å². The van der Waals surface area contributed by atoms with Gasteiger partial charge in [0.2, 0.25) is 15.9 Å². The van der Waals surface area contributed by atoms with Gasteiger partial charge in [-0.05, 0) is 74.1 Å². The summed E-state index contributed by atoms with van der Waals surface area (Å²) in [7, 11) is -3.69. The van der Waals surface area contributed by atoms with Gasteiger partial charge in [-0.2, -0.15) is 4.31 Å². The van der Waals surface area contributed by atoms with E-state index in [2.05, 4.69) is 17.2 Å². The highest BCUT2D eigenvalue weighted by atomic mass is 32.2.